The molecule has 0 aliphatic rings. The number of nitro benzene ring substituents is 1. The second kappa shape index (κ2) is 8.39. The molecule has 2 N–H and O–H groups in total. The predicted octanol–water partition coefficient (Wildman–Crippen LogP) is 3.19. The van der Waals surface area contributed by atoms with E-state index in [2.05, 4.69) is 5.32 Å². The molecule has 0 fully saturated rings. The summed E-state index contributed by atoms with van der Waals surface area (Å²) in [4.78, 5) is 22.9. The lowest BCUT2D eigenvalue weighted by atomic mass is 9.93. The van der Waals surface area contributed by atoms with Gasteiger partial charge in [-0.3, -0.25) is 14.9 Å². The largest absolute Gasteiger partial charge is 0.393 e. The smallest absolute Gasteiger partial charge is 0.273 e. The summed E-state index contributed by atoms with van der Waals surface area (Å²) in [6.07, 6.45) is 0.0146. The van der Waals surface area contributed by atoms with Gasteiger partial charge in [-0.1, -0.05) is 36.4 Å². The minimum atomic E-state index is -0.498. The summed E-state index contributed by atoms with van der Waals surface area (Å²) in [6, 6.07) is 14.1. The van der Waals surface area contributed by atoms with E-state index in [1.165, 1.54) is 6.07 Å². The highest BCUT2D eigenvalue weighted by molar-refractivity contribution is 5.95. The summed E-state index contributed by atoms with van der Waals surface area (Å²) in [5.41, 5.74) is 1.72. The van der Waals surface area contributed by atoms with Gasteiger partial charge in [-0.05, 0) is 31.9 Å². The van der Waals surface area contributed by atoms with Crippen LogP contribution in [0.4, 0.5) is 5.69 Å². The van der Waals surface area contributed by atoms with Gasteiger partial charge in [-0.2, -0.15) is 0 Å². The van der Waals surface area contributed by atoms with Crippen LogP contribution in [0.5, 0.6) is 0 Å². The third-order valence-electron chi connectivity index (χ3n) is 4.07. The van der Waals surface area contributed by atoms with Gasteiger partial charge in [0.1, 0.15) is 0 Å². The molecule has 2 unspecified atom stereocenters. The van der Waals surface area contributed by atoms with Crippen LogP contribution in [0.15, 0.2) is 48.5 Å². The van der Waals surface area contributed by atoms with Crippen LogP contribution in [-0.4, -0.2) is 28.6 Å². The summed E-state index contributed by atoms with van der Waals surface area (Å²) in [5.74, 6) is -0.403. The van der Waals surface area contributed by atoms with E-state index in [0.29, 0.717) is 18.5 Å². The van der Waals surface area contributed by atoms with E-state index < -0.39 is 11.0 Å². The number of rotatable bonds is 7. The zero-order valence-corrected chi connectivity index (χ0v) is 14.3. The van der Waals surface area contributed by atoms with Crippen molar-refractivity contribution >= 4 is 11.6 Å². The Morgan fingerprint density at radius 1 is 1.24 bits per heavy atom. The first kappa shape index (κ1) is 18.6. The van der Waals surface area contributed by atoms with Crippen molar-refractivity contribution in [2.45, 2.75) is 32.3 Å². The molecule has 0 spiro atoms. The fraction of sp³-hybridized carbons (Fsp3) is 0.316. The molecule has 0 aliphatic heterocycles. The maximum Gasteiger partial charge on any atom is 0.273 e. The molecular weight excluding hydrogens is 320 g/mol. The second-order valence-electron chi connectivity index (χ2n) is 6.16. The maximum atomic E-state index is 12.4. The Labute approximate surface area is 146 Å². The van der Waals surface area contributed by atoms with Crippen LogP contribution in [0.25, 0.3) is 0 Å². The minimum absolute atomic E-state index is 0.0365. The van der Waals surface area contributed by atoms with E-state index in [1.807, 2.05) is 30.3 Å². The number of aliphatic hydroxyl groups is 1. The average Bonchev–Trinajstić information content (AvgIpc) is 2.59. The molecule has 25 heavy (non-hydrogen) atoms. The van der Waals surface area contributed by atoms with E-state index in [-0.39, 0.29) is 23.1 Å². The van der Waals surface area contributed by atoms with Gasteiger partial charge in [0.25, 0.3) is 11.6 Å². The average molecular weight is 342 g/mol. The zero-order chi connectivity index (χ0) is 18.4. The fourth-order valence-electron chi connectivity index (χ4n) is 2.74. The number of aryl methyl sites for hydroxylation is 1. The van der Waals surface area contributed by atoms with Gasteiger partial charge in [0.15, 0.2) is 0 Å². The Hall–Kier alpha value is -2.73. The molecule has 0 saturated heterocycles. The lowest BCUT2D eigenvalue weighted by Gasteiger charge is -2.19. The van der Waals surface area contributed by atoms with Crippen molar-refractivity contribution < 1.29 is 14.8 Å². The number of amides is 1. The Balaban J connectivity index is 2.11. The standard InChI is InChI=1S/C19H22N2O4/c1-13-8-9-16(11-18(13)21(24)25)19(23)20-12-17(10-14(2)22)15-6-4-3-5-7-15/h3-9,11,14,17,22H,10,12H2,1-2H3,(H,20,23). The molecule has 0 aromatic heterocycles. The van der Waals surface area contributed by atoms with Crippen molar-refractivity contribution in [2.24, 2.45) is 0 Å². The lowest BCUT2D eigenvalue weighted by molar-refractivity contribution is -0.385. The molecule has 2 aromatic rings. The number of carbonyl (C=O) groups is 1. The van der Waals surface area contributed by atoms with Gasteiger partial charge in [-0.15, -0.1) is 0 Å². The Bertz CT molecular complexity index is 744. The van der Waals surface area contributed by atoms with Crippen molar-refractivity contribution in [1.82, 2.24) is 5.32 Å². The third-order valence-corrected chi connectivity index (χ3v) is 4.07. The molecule has 0 saturated carbocycles. The van der Waals surface area contributed by atoms with Gasteiger partial charge < -0.3 is 10.4 Å². The van der Waals surface area contributed by atoms with Gasteiger partial charge in [0.2, 0.25) is 0 Å². The second-order valence-corrected chi connectivity index (χ2v) is 6.16. The maximum absolute atomic E-state index is 12.4. The summed E-state index contributed by atoms with van der Waals surface area (Å²) < 4.78 is 0. The topological polar surface area (TPSA) is 92.5 Å². The summed E-state index contributed by atoms with van der Waals surface area (Å²) in [5, 5.41) is 23.5. The van der Waals surface area contributed by atoms with Crippen molar-refractivity contribution in [3.8, 4) is 0 Å². The number of hydrogen-bond acceptors (Lipinski definition) is 4. The van der Waals surface area contributed by atoms with Crippen molar-refractivity contribution in [3.05, 3.63) is 75.3 Å². The number of benzene rings is 2. The van der Waals surface area contributed by atoms with Crippen molar-refractivity contribution in [1.29, 1.82) is 0 Å². The zero-order valence-electron chi connectivity index (χ0n) is 14.3. The molecule has 0 bridgehead atoms. The highest BCUT2D eigenvalue weighted by Gasteiger charge is 2.18. The molecule has 6 nitrogen and oxygen atoms in total. The van der Waals surface area contributed by atoms with Crippen LogP contribution in [0.1, 0.15) is 40.7 Å². The SMILES string of the molecule is Cc1ccc(C(=O)NCC(CC(C)O)c2ccccc2)cc1[N+](=O)[O-]. The first-order valence-corrected chi connectivity index (χ1v) is 8.14. The monoisotopic (exact) mass is 342 g/mol. The summed E-state index contributed by atoms with van der Waals surface area (Å²) in [6.45, 7) is 3.68. The Kier molecular flexibility index (Phi) is 6.25. The quantitative estimate of drug-likeness (QED) is 0.597. The van der Waals surface area contributed by atoms with Crippen LogP contribution < -0.4 is 5.32 Å². The number of nitrogens with one attached hydrogen (secondary N) is 1. The number of nitrogens with zero attached hydrogens (tertiary/aromatic N) is 1. The van der Waals surface area contributed by atoms with E-state index >= 15 is 0 Å². The van der Waals surface area contributed by atoms with Crippen LogP contribution in [0, 0.1) is 17.0 Å². The van der Waals surface area contributed by atoms with E-state index in [0.717, 1.165) is 5.56 Å². The van der Waals surface area contributed by atoms with Crippen LogP contribution in [-0.2, 0) is 0 Å². The van der Waals surface area contributed by atoms with Gasteiger partial charge >= 0.3 is 0 Å². The van der Waals surface area contributed by atoms with Crippen LogP contribution in [0.3, 0.4) is 0 Å². The molecular formula is C19H22N2O4. The van der Waals surface area contributed by atoms with Gasteiger partial charge in [-0.25, -0.2) is 0 Å². The first-order chi connectivity index (χ1) is 11.9. The minimum Gasteiger partial charge on any atom is -0.393 e. The fourth-order valence-corrected chi connectivity index (χ4v) is 2.74. The lowest BCUT2D eigenvalue weighted by Crippen LogP contribution is -2.29. The van der Waals surface area contributed by atoms with E-state index in [4.69, 9.17) is 0 Å². The van der Waals surface area contributed by atoms with Crippen molar-refractivity contribution in [2.75, 3.05) is 6.54 Å². The molecule has 0 heterocycles. The predicted molar refractivity (Wildman–Crippen MR) is 95.6 cm³/mol. The summed E-state index contributed by atoms with van der Waals surface area (Å²) in [7, 11) is 0. The molecule has 0 aliphatic carbocycles. The van der Waals surface area contributed by atoms with E-state index in [1.54, 1.807) is 26.0 Å². The third kappa shape index (κ3) is 5.12. The highest BCUT2D eigenvalue weighted by Crippen LogP contribution is 2.22. The van der Waals surface area contributed by atoms with Gasteiger partial charge in [0, 0.05) is 29.7 Å². The number of hydrogen-bond donors (Lipinski definition) is 2. The number of nitro groups is 1. The van der Waals surface area contributed by atoms with Crippen LogP contribution >= 0.6 is 0 Å². The summed E-state index contributed by atoms with van der Waals surface area (Å²) >= 11 is 0. The molecule has 2 atom stereocenters. The number of aliphatic hydroxyl groups excluding tert-OH is 1. The Morgan fingerprint density at radius 3 is 2.52 bits per heavy atom. The highest BCUT2D eigenvalue weighted by atomic mass is 16.6. The van der Waals surface area contributed by atoms with Crippen LogP contribution in [0.2, 0.25) is 0 Å². The molecule has 132 valence electrons. The van der Waals surface area contributed by atoms with Crippen molar-refractivity contribution in [3.63, 3.8) is 0 Å². The molecule has 1 amide bonds. The Morgan fingerprint density at radius 2 is 1.92 bits per heavy atom. The molecule has 6 heteroatoms. The van der Waals surface area contributed by atoms with E-state index in [9.17, 15) is 20.0 Å². The number of carbonyl (C=O) groups excluding carboxylic acids is 1. The normalized spacial score (nSPS) is 13.1. The first-order valence-electron chi connectivity index (χ1n) is 8.14. The molecule has 2 aromatic carbocycles. The van der Waals surface area contributed by atoms with Gasteiger partial charge in [0.05, 0.1) is 11.0 Å². The molecule has 2 rings (SSSR count). The molecule has 0 radical (unpaired) electrons.